The summed E-state index contributed by atoms with van der Waals surface area (Å²) in [6.45, 7) is 6.87. The highest BCUT2D eigenvalue weighted by Gasteiger charge is 2.29. The third-order valence-corrected chi connectivity index (χ3v) is 5.57. The van der Waals surface area contributed by atoms with Crippen molar-refractivity contribution in [3.63, 3.8) is 0 Å². The maximum Gasteiger partial charge on any atom is 0.243 e. The molecule has 0 bridgehead atoms. The molecule has 0 unspecified atom stereocenters. The van der Waals surface area contributed by atoms with Crippen molar-refractivity contribution in [1.29, 1.82) is 0 Å². The van der Waals surface area contributed by atoms with E-state index in [4.69, 9.17) is 11.6 Å². The topological polar surface area (TPSA) is 40.6 Å². The molecule has 1 aromatic rings. The average Bonchev–Trinajstić information content (AvgIpc) is 2.39. The number of rotatable bonds is 3. The molecule has 1 fully saturated rings. The Morgan fingerprint density at radius 3 is 2.32 bits per heavy atom. The molecule has 2 rings (SSSR count). The van der Waals surface area contributed by atoms with E-state index in [0.29, 0.717) is 24.2 Å². The predicted octanol–water partition coefficient (Wildman–Crippen LogP) is 2.05. The Kier molecular flexibility index (Phi) is 4.50. The largest absolute Gasteiger partial charge is 0.298 e. The van der Waals surface area contributed by atoms with Crippen molar-refractivity contribution in [2.45, 2.75) is 24.8 Å². The highest BCUT2D eigenvalue weighted by molar-refractivity contribution is 7.89. The standard InChI is InChI=1S/C13H19ClN2O2S/c1-11(2)15-6-8-16(9-7-15)19(17,18)13-5-3-4-12(14)10-13/h3-5,10-11H,6-9H2,1-2H3. The third kappa shape index (κ3) is 3.28. The van der Waals surface area contributed by atoms with Gasteiger partial charge in [-0.1, -0.05) is 17.7 Å². The molecule has 0 aliphatic carbocycles. The van der Waals surface area contributed by atoms with Crippen LogP contribution in [0.25, 0.3) is 0 Å². The van der Waals surface area contributed by atoms with Gasteiger partial charge in [-0.05, 0) is 32.0 Å². The van der Waals surface area contributed by atoms with Gasteiger partial charge in [0.2, 0.25) is 10.0 Å². The van der Waals surface area contributed by atoms with Gasteiger partial charge in [0.25, 0.3) is 0 Å². The van der Waals surface area contributed by atoms with Crippen LogP contribution < -0.4 is 0 Å². The zero-order valence-electron chi connectivity index (χ0n) is 11.2. The first-order chi connectivity index (χ1) is 8.91. The second kappa shape index (κ2) is 5.79. The van der Waals surface area contributed by atoms with Gasteiger partial charge in [-0.2, -0.15) is 4.31 Å². The number of nitrogens with zero attached hydrogens (tertiary/aromatic N) is 2. The Morgan fingerprint density at radius 2 is 1.79 bits per heavy atom. The number of benzene rings is 1. The number of hydrogen-bond donors (Lipinski definition) is 0. The molecule has 0 amide bonds. The molecule has 1 saturated heterocycles. The van der Waals surface area contributed by atoms with E-state index in [2.05, 4.69) is 18.7 Å². The summed E-state index contributed by atoms with van der Waals surface area (Å²) in [5, 5.41) is 0.446. The van der Waals surface area contributed by atoms with Crippen molar-refractivity contribution in [2.75, 3.05) is 26.2 Å². The molecule has 106 valence electrons. The summed E-state index contributed by atoms with van der Waals surface area (Å²) in [7, 11) is -3.41. The number of halogens is 1. The van der Waals surface area contributed by atoms with E-state index in [9.17, 15) is 8.42 Å². The van der Waals surface area contributed by atoms with Crippen molar-refractivity contribution in [3.05, 3.63) is 29.3 Å². The summed E-state index contributed by atoms with van der Waals surface area (Å²) in [4.78, 5) is 2.56. The molecule has 0 atom stereocenters. The number of hydrogen-bond acceptors (Lipinski definition) is 3. The van der Waals surface area contributed by atoms with Gasteiger partial charge >= 0.3 is 0 Å². The summed E-state index contributed by atoms with van der Waals surface area (Å²) < 4.78 is 26.5. The van der Waals surface area contributed by atoms with E-state index in [1.807, 2.05) is 0 Å². The van der Waals surface area contributed by atoms with Crippen molar-refractivity contribution < 1.29 is 8.42 Å². The van der Waals surface area contributed by atoms with Gasteiger partial charge < -0.3 is 0 Å². The smallest absolute Gasteiger partial charge is 0.243 e. The molecule has 1 aliphatic heterocycles. The SMILES string of the molecule is CC(C)N1CCN(S(=O)(=O)c2cccc(Cl)c2)CC1. The lowest BCUT2D eigenvalue weighted by atomic mass is 10.3. The van der Waals surface area contributed by atoms with Crippen molar-refractivity contribution in [1.82, 2.24) is 9.21 Å². The summed E-state index contributed by atoms with van der Waals surface area (Å²) in [6.07, 6.45) is 0. The highest BCUT2D eigenvalue weighted by atomic mass is 35.5. The maximum atomic E-state index is 12.5. The Balaban J connectivity index is 2.14. The third-order valence-electron chi connectivity index (χ3n) is 3.44. The van der Waals surface area contributed by atoms with Crippen LogP contribution in [0.4, 0.5) is 0 Å². The van der Waals surface area contributed by atoms with E-state index in [1.165, 1.54) is 10.4 Å². The second-order valence-electron chi connectivity index (χ2n) is 4.99. The Labute approximate surface area is 120 Å². The summed E-state index contributed by atoms with van der Waals surface area (Å²) in [5.74, 6) is 0. The van der Waals surface area contributed by atoms with E-state index < -0.39 is 10.0 Å². The Hall–Kier alpha value is -0.620. The lowest BCUT2D eigenvalue weighted by Crippen LogP contribution is -2.50. The molecule has 4 nitrogen and oxygen atoms in total. The summed E-state index contributed by atoms with van der Waals surface area (Å²) >= 11 is 5.86. The molecule has 19 heavy (non-hydrogen) atoms. The van der Waals surface area contributed by atoms with Crippen LogP contribution in [0, 0.1) is 0 Å². The summed E-state index contributed by atoms with van der Waals surface area (Å²) in [5.41, 5.74) is 0. The Bertz CT molecular complexity index is 537. The van der Waals surface area contributed by atoms with Crippen molar-refractivity contribution in [3.8, 4) is 0 Å². The molecule has 0 aromatic heterocycles. The van der Waals surface area contributed by atoms with Crippen molar-refractivity contribution in [2.24, 2.45) is 0 Å². The van der Waals surface area contributed by atoms with Gasteiger partial charge in [0.05, 0.1) is 4.90 Å². The minimum absolute atomic E-state index is 0.276. The first-order valence-corrected chi connectivity index (χ1v) is 8.23. The van der Waals surface area contributed by atoms with E-state index in [-0.39, 0.29) is 4.90 Å². The Morgan fingerprint density at radius 1 is 1.16 bits per heavy atom. The molecule has 1 heterocycles. The fourth-order valence-corrected chi connectivity index (χ4v) is 3.96. The second-order valence-corrected chi connectivity index (χ2v) is 7.37. The molecule has 1 aromatic carbocycles. The molecular formula is C13H19ClN2O2S. The monoisotopic (exact) mass is 302 g/mol. The van der Waals surface area contributed by atoms with Gasteiger partial charge in [-0.15, -0.1) is 0 Å². The van der Waals surface area contributed by atoms with E-state index in [0.717, 1.165) is 13.1 Å². The van der Waals surface area contributed by atoms with E-state index in [1.54, 1.807) is 18.2 Å². The van der Waals surface area contributed by atoms with Gasteiger partial charge in [-0.25, -0.2) is 8.42 Å². The van der Waals surface area contributed by atoms with Crippen LogP contribution in [0.3, 0.4) is 0 Å². The number of sulfonamides is 1. The molecular weight excluding hydrogens is 284 g/mol. The molecule has 6 heteroatoms. The average molecular weight is 303 g/mol. The molecule has 0 N–H and O–H groups in total. The summed E-state index contributed by atoms with van der Waals surface area (Å²) in [6, 6.07) is 6.90. The fraction of sp³-hybridized carbons (Fsp3) is 0.538. The number of piperazine rings is 1. The van der Waals surface area contributed by atoms with Gasteiger partial charge in [0.1, 0.15) is 0 Å². The van der Waals surface area contributed by atoms with Crippen LogP contribution in [-0.4, -0.2) is 49.8 Å². The first kappa shape index (κ1) is 14.8. The van der Waals surface area contributed by atoms with Crippen LogP contribution in [0.2, 0.25) is 5.02 Å². The van der Waals surface area contributed by atoms with Crippen molar-refractivity contribution >= 4 is 21.6 Å². The van der Waals surface area contributed by atoms with E-state index >= 15 is 0 Å². The first-order valence-electron chi connectivity index (χ1n) is 6.41. The minimum atomic E-state index is -3.41. The minimum Gasteiger partial charge on any atom is -0.298 e. The van der Waals surface area contributed by atoms with Crippen LogP contribution >= 0.6 is 11.6 Å². The molecule has 1 aliphatic rings. The van der Waals surface area contributed by atoms with Crippen LogP contribution in [-0.2, 0) is 10.0 Å². The van der Waals surface area contributed by atoms with Crippen LogP contribution in [0.1, 0.15) is 13.8 Å². The van der Waals surface area contributed by atoms with Gasteiger partial charge in [0, 0.05) is 37.2 Å². The highest BCUT2D eigenvalue weighted by Crippen LogP contribution is 2.21. The predicted molar refractivity (Wildman–Crippen MR) is 76.9 cm³/mol. The fourth-order valence-electron chi connectivity index (χ4n) is 2.24. The van der Waals surface area contributed by atoms with Gasteiger partial charge in [-0.3, -0.25) is 4.90 Å². The quantitative estimate of drug-likeness (QED) is 0.858. The zero-order chi connectivity index (χ0) is 14.0. The molecule has 0 saturated carbocycles. The lowest BCUT2D eigenvalue weighted by molar-refractivity contribution is 0.154. The zero-order valence-corrected chi connectivity index (χ0v) is 12.8. The molecule has 0 radical (unpaired) electrons. The van der Waals surface area contributed by atoms with Gasteiger partial charge in [0.15, 0.2) is 0 Å². The molecule has 0 spiro atoms. The lowest BCUT2D eigenvalue weighted by Gasteiger charge is -2.36. The van der Waals surface area contributed by atoms with Crippen LogP contribution in [0.5, 0.6) is 0 Å². The normalized spacial score (nSPS) is 18.9. The van der Waals surface area contributed by atoms with Crippen LogP contribution in [0.15, 0.2) is 29.2 Å². The maximum absolute atomic E-state index is 12.5.